The van der Waals surface area contributed by atoms with Crippen LogP contribution in [0.5, 0.6) is 0 Å². The highest BCUT2D eigenvalue weighted by molar-refractivity contribution is 6.30. The van der Waals surface area contributed by atoms with E-state index in [9.17, 15) is 9.59 Å². The normalized spacial score (nSPS) is 20.1. The monoisotopic (exact) mass is 358 g/mol. The van der Waals surface area contributed by atoms with Crippen LogP contribution < -0.4 is 5.32 Å². The van der Waals surface area contributed by atoms with Gasteiger partial charge in [0.1, 0.15) is 0 Å². The number of hydrogen-bond donors (Lipinski definition) is 2. The lowest BCUT2D eigenvalue weighted by Crippen LogP contribution is -2.34. The van der Waals surface area contributed by atoms with Crippen molar-refractivity contribution in [1.82, 2.24) is 10.2 Å². The molecule has 1 aliphatic rings. The smallest absolute Gasteiger partial charge is 0.335 e. The van der Waals surface area contributed by atoms with Gasteiger partial charge in [0.25, 0.3) is 0 Å². The van der Waals surface area contributed by atoms with Gasteiger partial charge < -0.3 is 15.3 Å². The third-order valence-corrected chi connectivity index (χ3v) is 4.79. The van der Waals surface area contributed by atoms with Crippen LogP contribution in [0.15, 0.2) is 48.5 Å². The molecule has 1 saturated heterocycles. The Labute approximate surface area is 151 Å². The SMILES string of the molecule is CN1C(=O)CC(NCc2cccc(C(=O)O)c2)C1c1ccc(Cl)cc1. The number of carboxylic acid groups (broad SMARTS) is 1. The summed E-state index contributed by atoms with van der Waals surface area (Å²) in [6.07, 6.45) is 0.405. The van der Waals surface area contributed by atoms with E-state index in [2.05, 4.69) is 5.32 Å². The molecular formula is C19H19ClN2O3. The van der Waals surface area contributed by atoms with Gasteiger partial charge >= 0.3 is 5.97 Å². The van der Waals surface area contributed by atoms with Crippen LogP contribution in [0, 0.1) is 0 Å². The van der Waals surface area contributed by atoms with Crippen LogP contribution in [0.2, 0.25) is 5.02 Å². The summed E-state index contributed by atoms with van der Waals surface area (Å²) in [7, 11) is 1.80. The molecule has 0 bridgehead atoms. The summed E-state index contributed by atoms with van der Waals surface area (Å²) in [5, 5.41) is 13.1. The summed E-state index contributed by atoms with van der Waals surface area (Å²) in [4.78, 5) is 25.0. The first-order valence-electron chi connectivity index (χ1n) is 8.02. The van der Waals surface area contributed by atoms with E-state index in [4.69, 9.17) is 16.7 Å². The van der Waals surface area contributed by atoms with E-state index < -0.39 is 5.97 Å². The molecule has 1 amide bonds. The highest BCUT2D eigenvalue weighted by Crippen LogP contribution is 2.32. The van der Waals surface area contributed by atoms with E-state index in [-0.39, 0.29) is 23.6 Å². The minimum absolute atomic E-state index is 0.0489. The van der Waals surface area contributed by atoms with Crippen molar-refractivity contribution in [3.63, 3.8) is 0 Å². The summed E-state index contributed by atoms with van der Waals surface area (Å²) < 4.78 is 0. The fourth-order valence-corrected chi connectivity index (χ4v) is 3.36. The number of nitrogens with one attached hydrogen (secondary N) is 1. The Balaban J connectivity index is 1.76. The molecule has 2 aromatic carbocycles. The molecule has 0 aromatic heterocycles. The average molecular weight is 359 g/mol. The second-order valence-corrected chi connectivity index (χ2v) is 6.63. The zero-order chi connectivity index (χ0) is 18.0. The molecule has 0 aliphatic carbocycles. The van der Waals surface area contributed by atoms with Crippen molar-refractivity contribution in [2.24, 2.45) is 0 Å². The number of halogens is 1. The van der Waals surface area contributed by atoms with Crippen LogP contribution in [-0.2, 0) is 11.3 Å². The molecule has 6 heteroatoms. The first kappa shape index (κ1) is 17.5. The van der Waals surface area contributed by atoms with Gasteiger partial charge in [0.2, 0.25) is 5.91 Å². The van der Waals surface area contributed by atoms with Crippen molar-refractivity contribution < 1.29 is 14.7 Å². The highest BCUT2D eigenvalue weighted by Gasteiger charge is 2.38. The number of rotatable bonds is 5. The topological polar surface area (TPSA) is 69.6 Å². The highest BCUT2D eigenvalue weighted by atomic mass is 35.5. The molecule has 2 unspecified atom stereocenters. The largest absolute Gasteiger partial charge is 0.478 e. The number of likely N-dealkylation sites (N-methyl/N-ethyl adjacent to an activating group) is 1. The fourth-order valence-electron chi connectivity index (χ4n) is 3.23. The lowest BCUT2D eigenvalue weighted by Gasteiger charge is -2.26. The number of amides is 1. The first-order chi connectivity index (χ1) is 12.0. The maximum Gasteiger partial charge on any atom is 0.335 e. The molecule has 1 heterocycles. The Hall–Kier alpha value is -2.37. The molecule has 130 valence electrons. The second kappa shape index (κ2) is 7.25. The third-order valence-electron chi connectivity index (χ3n) is 4.54. The van der Waals surface area contributed by atoms with Gasteiger partial charge in [-0.25, -0.2) is 4.79 Å². The Morgan fingerprint density at radius 1 is 1.28 bits per heavy atom. The molecule has 1 aliphatic heterocycles. The number of aromatic carboxylic acids is 1. The van der Waals surface area contributed by atoms with Crippen LogP contribution in [-0.4, -0.2) is 35.0 Å². The summed E-state index contributed by atoms with van der Waals surface area (Å²) in [5.41, 5.74) is 2.15. The number of hydrogen-bond acceptors (Lipinski definition) is 3. The zero-order valence-corrected chi connectivity index (χ0v) is 14.5. The number of benzene rings is 2. The summed E-state index contributed by atoms with van der Waals surface area (Å²) in [6, 6.07) is 14.2. The van der Waals surface area contributed by atoms with Crippen LogP contribution >= 0.6 is 11.6 Å². The molecule has 25 heavy (non-hydrogen) atoms. The Morgan fingerprint density at radius 2 is 2.00 bits per heavy atom. The molecule has 1 fully saturated rings. The minimum atomic E-state index is -0.948. The molecule has 0 radical (unpaired) electrons. The fraction of sp³-hybridized carbons (Fsp3) is 0.263. The molecule has 0 saturated carbocycles. The van der Waals surface area contributed by atoms with E-state index >= 15 is 0 Å². The van der Waals surface area contributed by atoms with E-state index in [1.807, 2.05) is 30.3 Å². The lowest BCUT2D eigenvalue weighted by molar-refractivity contribution is -0.127. The van der Waals surface area contributed by atoms with Crippen molar-refractivity contribution in [2.75, 3.05) is 7.05 Å². The third kappa shape index (κ3) is 3.83. The van der Waals surface area contributed by atoms with Gasteiger partial charge in [-0.3, -0.25) is 4.79 Å². The van der Waals surface area contributed by atoms with E-state index in [0.29, 0.717) is 18.0 Å². The minimum Gasteiger partial charge on any atom is -0.478 e. The van der Waals surface area contributed by atoms with Gasteiger partial charge in [0, 0.05) is 31.1 Å². The summed E-state index contributed by atoms with van der Waals surface area (Å²) in [5.74, 6) is -0.867. The van der Waals surface area contributed by atoms with Gasteiger partial charge in [0.05, 0.1) is 11.6 Å². The Morgan fingerprint density at radius 3 is 2.68 bits per heavy atom. The number of carbonyl (C=O) groups excluding carboxylic acids is 1. The molecular weight excluding hydrogens is 340 g/mol. The van der Waals surface area contributed by atoms with E-state index in [0.717, 1.165) is 11.1 Å². The second-order valence-electron chi connectivity index (χ2n) is 6.20. The van der Waals surface area contributed by atoms with Crippen molar-refractivity contribution in [2.45, 2.75) is 25.0 Å². The summed E-state index contributed by atoms with van der Waals surface area (Å²) >= 11 is 5.96. The molecule has 5 nitrogen and oxygen atoms in total. The number of likely N-dealkylation sites (tertiary alicyclic amines) is 1. The van der Waals surface area contributed by atoms with E-state index in [1.165, 1.54) is 0 Å². The van der Waals surface area contributed by atoms with Crippen LogP contribution in [0.25, 0.3) is 0 Å². The average Bonchev–Trinajstić information content (AvgIpc) is 2.88. The zero-order valence-electron chi connectivity index (χ0n) is 13.8. The maximum absolute atomic E-state index is 12.2. The van der Waals surface area contributed by atoms with Crippen LogP contribution in [0.3, 0.4) is 0 Å². The van der Waals surface area contributed by atoms with Gasteiger partial charge in [-0.15, -0.1) is 0 Å². The van der Waals surface area contributed by atoms with Crippen LogP contribution in [0.4, 0.5) is 0 Å². The summed E-state index contributed by atoms with van der Waals surface area (Å²) in [6.45, 7) is 0.497. The number of nitrogens with zero attached hydrogens (tertiary/aromatic N) is 1. The van der Waals surface area contributed by atoms with Crippen molar-refractivity contribution >= 4 is 23.5 Å². The Bertz CT molecular complexity index is 792. The quantitative estimate of drug-likeness (QED) is 0.861. The first-order valence-corrected chi connectivity index (χ1v) is 8.40. The van der Waals surface area contributed by atoms with Crippen molar-refractivity contribution in [1.29, 1.82) is 0 Å². The predicted molar refractivity (Wildman–Crippen MR) is 95.6 cm³/mol. The van der Waals surface area contributed by atoms with E-state index in [1.54, 1.807) is 30.1 Å². The predicted octanol–water partition coefficient (Wildman–Crippen LogP) is 3.10. The van der Waals surface area contributed by atoms with Crippen molar-refractivity contribution in [3.8, 4) is 0 Å². The molecule has 2 N–H and O–H groups in total. The van der Waals surface area contributed by atoms with Gasteiger partial charge in [-0.1, -0.05) is 35.9 Å². The molecule has 0 spiro atoms. The van der Waals surface area contributed by atoms with Crippen molar-refractivity contribution in [3.05, 3.63) is 70.2 Å². The molecule has 3 rings (SSSR count). The standard InChI is InChI=1S/C19H19ClN2O3/c1-22-17(23)10-16(18(22)13-5-7-15(20)8-6-13)21-11-12-3-2-4-14(9-12)19(24)25/h2-9,16,18,21H,10-11H2,1H3,(H,24,25). The number of carbonyl (C=O) groups is 2. The van der Waals surface area contributed by atoms with Crippen LogP contribution in [0.1, 0.15) is 33.9 Å². The Kier molecular flexibility index (Phi) is 5.06. The number of carboxylic acids is 1. The molecule has 2 aromatic rings. The maximum atomic E-state index is 12.2. The van der Waals surface area contributed by atoms with Gasteiger partial charge in [0.15, 0.2) is 0 Å². The van der Waals surface area contributed by atoms with Gasteiger partial charge in [-0.2, -0.15) is 0 Å². The molecule has 2 atom stereocenters. The van der Waals surface area contributed by atoms with Gasteiger partial charge in [-0.05, 0) is 35.4 Å². The lowest BCUT2D eigenvalue weighted by atomic mass is 10.00.